The average Bonchev–Trinajstić information content (AvgIpc) is 2.89. The van der Waals surface area contributed by atoms with Gasteiger partial charge in [-0.1, -0.05) is 76.9 Å². The number of rotatable bonds is 27. The third-order valence-electron chi connectivity index (χ3n) is 7.02. The molecule has 7 heteroatoms. The van der Waals surface area contributed by atoms with Crippen molar-refractivity contribution in [1.29, 1.82) is 0 Å². The van der Waals surface area contributed by atoms with Gasteiger partial charge in [-0.15, -0.1) is 0 Å². The Bertz CT molecular complexity index is 624. The van der Waals surface area contributed by atoms with Crippen LogP contribution in [0.3, 0.4) is 0 Å². The van der Waals surface area contributed by atoms with Crippen LogP contribution in [0.1, 0.15) is 142 Å². The summed E-state index contributed by atoms with van der Waals surface area (Å²) >= 11 is 0. The molecule has 2 amide bonds. The first-order chi connectivity index (χ1) is 18.4. The van der Waals surface area contributed by atoms with E-state index >= 15 is 0 Å². The number of hydrogen-bond acceptors (Lipinski definition) is 5. The second-order valence-corrected chi connectivity index (χ2v) is 10.7. The van der Waals surface area contributed by atoms with Crippen LogP contribution >= 0.6 is 0 Å². The van der Waals surface area contributed by atoms with Crippen molar-refractivity contribution in [1.82, 2.24) is 10.6 Å². The van der Waals surface area contributed by atoms with Crippen LogP contribution in [0.4, 0.5) is 0 Å². The summed E-state index contributed by atoms with van der Waals surface area (Å²) in [4.78, 5) is 36.3. The third kappa shape index (κ3) is 23.4. The molecule has 38 heavy (non-hydrogen) atoms. The summed E-state index contributed by atoms with van der Waals surface area (Å²) in [5.74, 6) is -0.202. The summed E-state index contributed by atoms with van der Waals surface area (Å²) in [5, 5.41) is 5.75. The molecule has 0 radical (unpaired) electrons. The maximum atomic E-state index is 12.3. The molecule has 222 valence electrons. The number of allylic oxidation sites excluding steroid dienone is 2. The van der Waals surface area contributed by atoms with E-state index in [2.05, 4.69) is 29.7 Å². The van der Waals surface area contributed by atoms with Gasteiger partial charge >= 0.3 is 0 Å². The maximum Gasteiger partial charge on any atom is 0.236 e. The second kappa shape index (κ2) is 26.9. The number of carbonyl (C=O) groups excluding carboxylic acids is 3. The Morgan fingerprint density at radius 2 is 1.32 bits per heavy atom. The fourth-order valence-electron chi connectivity index (χ4n) is 4.46. The van der Waals surface area contributed by atoms with Crippen molar-refractivity contribution in [3.05, 3.63) is 12.2 Å². The SMILES string of the molecule is CCCCCCCC/C=C\CCCCCCCC(=O)NC(CCCCNC(=O)C(N)CCCCN)C(C)=O. The van der Waals surface area contributed by atoms with Gasteiger partial charge in [0.15, 0.2) is 5.78 Å². The number of Topliss-reactive ketones (excluding diaryl/α,β-unsaturated/α-hetero) is 1. The molecule has 0 aromatic carbocycles. The van der Waals surface area contributed by atoms with Gasteiger partial charge in [0.2, 0.25) is 11.8 Å². The average molecular weight is 537 g/mol. The van der Waals surface area contributed by atoms with Gasteiger partial charge in [-0.25, -0.2) is 0 Å². The van der Waals surface area contributed by atoms with E-state index in [0.29, 0.717) is 32.4 Å². The van der Waals surface area contributed by atoms with Gasteiger partial charge in [-0.3, -0.25) is 14.4 Å². The minimum Gasteiger partial charge on any atom is -0.355 e. The van der Waals surface area contributed by atoms with Crippen LogP contribution in [0, 0.1) is 0 Å². The highest BCUT2D eigenvalue weighted by Gasteiger charge is 2.17. The van der Waals surface area contributed by atoms with Crippen LogP contribution in [0.2, 0.25) is 0 Å². The number of ketones is 1. The van der Waals surface area contributed by atoms with Crippen LogP contribution in [-0.4, -0.2) is 42.8 Å². The molecule has 0 heterocycles. The fourth-order valence-corrected chi connectivity index (χ4v) is 4.46. The van der Waals surface area contributed by atoms with Crippen molar-refractivity contribution < 1.29 is 14.4 Å². The predicted molar refractivity (Wildman–Crippen MR) is 160 cm³/mol. The first-order valence-corrected chi connectivity index (χ1v) is 15.6. The second-order valence-electron chi connectivity index (χ2n) is 10.7. The van der Waals surface area contributed by atoms with Gasteiger partial charge in [-0.05, 0) is 77.7 Å². The van der Waals surface area contributed by atoms with Crippen molar-refractivity contribution in [3.8, 4) is 0 Å². The Labute approximate surface area is 233 Å². The molecule has 0 fully saturated rings. The van der Waals surface area contributed by atoms with Gasteiger partial charge in [-0.2, -0.15) is 0 Å². The molecule has 2 unspecified atom stereocenters. The lowest BCUT2D eigenvalue weighted by molar-refractivity contribution is -0.127. The van der Waals surface area contributed by atoms with Gasteiger partial charge < -0.3 is 22.1 Å². The summed E-state index contributed by atoms with van der Waals surface area (Å²) in [6.07, 6.45) is 25.5. The molecule has 0 rings (SSSR count). The normalized spacial score (nSPS) is 12.9. The molecule has 0 spiro atoms. The van der Waals surface area contributed by atoms with E-state index in [9.17, 15) is 14.4 Å². The van der Waals surface area contributed by atoms with Crippen molar-refractivity contribution >= 4 is 17.6 Å². The van der Waals surface area contributed by atoms with Crippen molar-refractivity contribution in [2.24, 2.45) is 11.5 Å². The van der Waals surface area contributed by atoms with Crippen LogP contribution in [0.5, 0.6) is 0 Å². The van der Waals surface area contributed by atoms with Crippen LogP contribution < -0.4 is 22.1 Å². The first-order valence-electron chi connectivity index (χ1n) is 15.6. The van der Waals surface area contributed by atoms with Gasteiger partial charge in [0.1, 0.15) is 0 Å². The molecule has 2 atom stereocenters. The molecule has 7 nitrogen and oxygen atoms in total. The standard InChI is InChI=1S/C31H60N4O3/c1-3-4-5-6-7-8-9-10-11-12-13-14-15-16-17-24-30(37)35-29(27(2)36)23-19-21-26-34-31(38)28(33)22-18-20-25-32/h10-11,28-29H,3-9,12-26,32-33H2,1-2H3,(H,34,38)(H,35,37)/b11-10-. The maximum absolute atomic E-state index is 12.3. The smallest absolute Gasteiger partial charge is 0.236 e. The molecule has 0 aromatic heterocycles. The van der Waals surface area contributed by atoms with Crippen molar-refractivity contribution in [3.63, 3.8) is 0 Å². The van der Waals surface area contributed by atoms with E-state index in [1.54, 1.807) is 0 Å². The zero-order valence-corrected chi connectivity index (χ0v) is 24.7. The third-order valence-corrected chi connectivity index (χ3v) is 7.02. The number of amides is 2. The summed E-state index contributed by atoms with van der Waals surface area (Å²) in [5.41, 5.74) is 11.3. The molecule has 0 aliphatic carbocycles. The molecule has 0 bridgehead atoms. The summed E-state index contributed by atoms with van der Waals surface area (Å²) < 4.78 is 0. The van der Waals surface area contributed by atoms with E-state index in [-0.39, 0.29) is 17.6 Å². The number of nitrogens with one attached hydrogen (secondary N) is 2. The molecule has 6 N–H and O–H groups in total. The van der Waals surface area contributed by atoms with Crippen LogP contribution in [-0.2, 0) is 14.4 Å². The Hall–Kier alpha value is -1.73. The lowest BCUT2D eigenvalue weighted by Crippen LogP contribution is -2.41. The molecule has 0 aliphatic rings. The number of hydrogen-bond donors (Lipinski definition) is 4. The summed E-state index contributed by atoms with van der Waals surface area (Å²) in [6.45, 7) is 4.91. The van der Waals surface area contributed by atoms with E-state index in [1.165, 1.54) is 64.7 Å². The van der Waals surface area contributed by atoms with Crippen LogP contribution in [0.15, 0.2) is 12.2 Å². The van der Waals surface area contributed by atoms with Crippen LogP contribution in [0.25, 0.3) is 0 Å². The highest BCUT2D eigenvalue weighted by atomic mass is 16.2. The number of nitrogens with two attached hydrogens (primary N) is 2. The lowest BCUT2D eigenvalue weighted by Gasteiger charge is -2.16. The summed E-state index contributed by atoms with van der Waals surface area (Å²) in [6, 6.07) is -0.942. The molecular weight excluding hydrogens is 476 g/mol. The molecule has 0 aliphatic heterocycles. The largest absolute Gasteiger partial charge is 0.355 e. The van der Waals surface area contributed by atoms with Crippen molar-refractivity contribution in [2.45, 2.75) is 154 Å². The fraction of sp³-hybridized carbons (Fsp3) is 0.839. The molecule has 0 saturated heterocycles. The molecule has 0 aromatic rings. The summed E-state index contributed by atoms with van der Waals surface area (Å²) in [7, 11) is 0. The zero-order valence-electron chi connectivity index (χ0n) is 24.7. The zero-order chi connectivity index (χ0) is 28.3. The van der Waals surface area contributed by atoms with E-state index in [1.807, 2.05) is 0 Å². The minimum absolute atomic E-state index is 0.0196. The first kappa shape index (κ1) is 36.3. The van der Waals surface area contributed by atoms with E-state index < -0.39 is 12.1 Å². The molecule has 0 saturated carbocycles. The lowest BCUT2D eigenvalue weighted by atomic mass is 10.0. The van der Waals surface area contributed by atoms with Gasteiger partial charge in [0.25, 0.3) is 0 Å². The molecular formula is C31H60N4O3. The highest BCUT2D eigenvalue weighted by molar-refractivity contribution is 5.87. The van der Waals surface area contributed by atoms with Gasteiger partial charge in [0.05, 0.1) is 12.1 Å². The minimum atomic E-state index is -0.498. The van der Waals surface area contributed by atoms with E-state index in [0.717, 1.165) is 51.4 Å². The van der Waals surface area contributed by atoms with E-state index in [4.69, 9.17) is 11.5 Å². The quantitative estimate of drug-likeness (QED) is 0.0774. The Morgan fingerprint density at radius 3 is 1.92 bits per heavy atom. The van der Waals surface area contributed by atoms with Gasteiger partial charge in [0, 0.05) is 13.0 Å². The van der Waals surface area contributed by atoms with Crippen molar-refractivity contribution in [2.75, 3.05) is 13.1 Å². The number of carbonyl (C=O) groups is 3. The Kier molecular flexibility index (Phi) is 25.6. The predicted octanol–water partition coefficient (Wildman–Crippen LogP) is 5.84. The topological polar surface area (TPSA) is 127 Å². The Morgan fingerprint density at radius 1 is 0.737 bits per heavy atom. The number of unbranched alkanes of at least 4 members (excludes halogenated alkanes) is 13. The highest BCUT2D eigenvalue weighted by Crippen LogP contribution is 2.10. The monoisotopic (exact) mass is 536 g/mol. The Balaban J connectivity index is 3.76.